The molecule has 0 spiro atoms. The molecule has 2 aromatic heterocycles. The number of aromatic nitrogens is 3. The normalized spacial score (nSPS) is 17.9. The molecular weight excluding hydrogens is 516 g/mol. The van der Waals surface area contributed by atoms with Crippen LogP contribution in [0.4, 0.5) is 16.3 Å². The molecule has 2 atom stereocenters. The largest absolute Gasteiger partial charge is 0.492 e. The summed E-state index contributed by atoms with van der Waals surface area (Å²) < 4.78 is 13.8. The van der Waals surface area contributed by atoms with E-state index < -0.39 is 0 Å². The molecule has 1 saturated heterocycles. The lowest BCUT2D eigenvalue weighted by Crippen LogP contribution is -2.46. The van der Waals surface area contributed by atoms with Crippen molar-refractivity contribution in [3.05, 3.63) is 72.2 Å². The summed E-state index contributed by atoms with van der Waals surface area (Å²) in [4.78, 5) is 20.2. The number of carbonyl (C=O) groups is 1. The number of nitrogens with one attached hydrogen (secondary N) is 2. The summed E-state index contributed by atoms with van der Waals surface area (Å²) in [6.07, 6.45) is 4.00. The maximum atomic E-state index is 13.4. The molecule has 1 aliphatic rings. The van der Waals surface area contributed by atoms with E-state index in [1.54, 1.807) is 17.1 Å². The van der Waals surface area contributed by atoms with E-state index in [9.17, 15) is 4.79 Å². The van der Waals surface area contributed by atoms with Crippen LogP contribution in [-0.2, 0) is 10.2 Å². The minimum atomic E-state index is -0.355. The SMILES string of the molecule is Cc1ccc(-n2ncc(C(C)(C)C)c2NC(=O)Nc2ccc(OCCN3C[C@@H](C)O[C@H](C)C3)c3ccccc23)cn1. The van der Waals surface area contributed by atoms with Crippen LogP contribution in [0.3, 0.4) is 0 Å². The molecule has 0 bridgehead atoms. The van der Waals surface area contributed by atoms with Gasteiger partial charge in [0.05, 0.1) is 36.0 Å². The molecule has 1 fully saturated rings. The molecule has 0 aliphatic carbocycles. The molecular formula is C32H40N6O3. The van der Waals surface area contributed by atoms with Gasteiger partial charge in [0.1, 0.15) is 18.2 Å². The maximum absolute atomic E-state index is 13.4. The van der Waals surface area contributed by atoms with E-state index in [4.69, 9.17) is 9.47 Å². The summed E-state index contributed by atoms with van der Waals surface area (Å²) in [5.41, 5.74) is 3.07. The summed E-state index contributed by atoms with van der Waals surface area (Å²) in [6.45, 7) is 15.6. The average Bonchev–Trinajstić information content (AvgIpc) is 3.33. The molecule has 0 radical (unpaired) electrons. The first-order chi connectivity index (χ1) is 19.6. The van der Waals surface area contributed by atoms with Crippen molar-refractivity contribution in [3.8, 4) is 11.4 Å². The lowest BCUT2D eigenvalue weighted by Gasteiger charge is -2.35. The van der Waals surface area contributed by atoms with Crippen molar-refractivity contribution in [1.82, 2.24) is 19.7 Å². The number of morpholine rings is 1. The zero-order valence-electron chi connectivity index (χ0n) is 24.8. The van der Waals surface area contributed by atoms with Gasteiger partial charge in [0.25, 0.3) is 0 Å². The van der Waals surface area contributed by atoms with Gasteiger partial charge in [-0.15, -0.1) is 0 Å². The molecule has 9 heteroatoms. The Kier molecular flexibility index (Phi) is 8.28. The third-order valence-corrected chi connectivity index (χ3v) is 7.24. The first-order valence-corrected chi connectivity index (χ1v) is 14.2. The fraction of sp³-hybridized carbons (Fsp3) is 0.406. The Morgan fingerprint density at radius 1 is 1.00 bits per heavy atom. The summed E-state index contributed by atoms with van der Waals surface area (Å²) >= 11 is 0. The van der Waals surface area contributed by atoms with Crippen molar-refractivity contribution in [3.63, 3.8) is 0 Å². The highest BCUT2D eigenvalue weighted by molar-refractivity contribution is 6.07. The predicted octanol–water partition coefficient (Wildman–Crippen LogP) is 6.16. The summed E-state index contributed by atoms with van der Waals surface area (Å²) in [5, 5.41) is 12.5. The van der Waals surface area contributed by atoms with E-state index in [1.165, 1.54) is 0 Å². The molecule has 0 saturated carbocycles. The van der Waals surface area contributed by atoms with Gasteiger partial charge in [-0.05, 0) is 50.5 Å². The van der Waals surface area contributed by atoms with Crippen LogP contribution in [0, 0.1) is 6.92 Å². The van der Waals surface area contributed by atoms with Crippen LogP contribution >= 0.6 is 0 Å². The number of aryl methyl sites for hydroxylation is 1. The number of hydrogen-bond donors (Lipinski definition) is 2. The monoisotopic (exact) mass is 556 g/mol. The van der Waals surface area contributed by atoms with Crippen LogP contribution in [0.25, 0.3) is 16.5 Å². The van der Waals surface area contributed by atoms with Gasteiger partial charge in [0, 0.05) is 41.7 Å². The van der Waals surface area contributed by atoms with Gasteiger partial charge in [0.15, 0.2) is 0 Å². The maximum Gasteiger partial charge on any atom is 0.324 e. The predicted molar refractivity (Wildman–Crippen MR) is 163 cm³/mol. The average molecular weight is 557 g/mol. The second kappa shape index (κ2) is 11.9. The molecule has 0 unspecified atom stereocenters. The quantitative estimate of drug-likeness (QED) is 0.283. The van der Waals surface area contributed by atoms with Crippen LogP contribution in [-0.4, -0.2) is 64.1 Å². The highest BCUT2D eigenvalue weighted by Crippen LogP contribution is 2.33. The number of benzene rings is 2. The van der Waals surface area contributed by atoms with Crippen molar-refractivity contribution in [2.45, 2.75) is 59.2 Å². The molecule has 41 heavy (non-hydrogen) atoms. The lowest BCUT2D eigenvalue weighted by molar-refractivity contribution is -0.0699. The van der Waals surface area contributed by atoms with Crippen molar-refractivity contribution < 1.29 is 14.3 Å². The number of hydrogen-bond acceptors (Lipinski definition) is 6. The van der Waals surface area contributed by atoms with Crippen LogP contribution in [0.2, 0.25) is 0 Å². The van der Waals surface area contributed by atoms with Gasteiger partial charge < -0.3 is 14.8 Å². The highest BCUT2D eigenvalue weighted by Gasteiger charge is 2.25. The molecule has 1 aliphatic heterocycles. The number of nitrogens with zero attached hydrogens (tertiary/aromatic N) is 4. The van der Waals surface area contributed by atoms with Gasteiger partial charge in [-0.2, -0.15) is 5.10 Å². The molecule has 2 aromatic carbocycles. The van der Waals surface area contributed by atoms with Crippen molar-refractivity contribution >= 4 is 28.3 Å². The minimum Gasteiger partial charge on any atom is -0.492 e. The zero-order valence-corrected chi connectivity index (χ0v) is 24.8. The summed E-state index contributed by atoms with van der Waals surface area (Å²) in [6, 6.07) is 15.3. The number of pyridine rings is 1. The summed E-state index contributed by atoms with van der Waals surface area (Å²) in [5.74, 6) is 1.40. The molecule has 2 N–H and O–H groups in total. The van der Waals surface area contributed by atoms with Crippen molar-refractivity contribution in [2.75, 3.05) is 36.9 Å². The standard InChI is InChI=1S/C32H40N6O3/c1-21-11-12-24(17-33-21)38-30(27(18-34-38)32(4,5)6)36-31(39)35-28-13-14-29(26-10-8-7-9-25(26)28)40-16-15-37-19-22(2)41-23(3)20-37/h7-14,17-18,22-23H,15-16,19-20H2,1-6H3,(H2,35,36,39)/t22-,23-/m1/s1. The lowest BCUT2D eigenvalue weighted by atomic mass is 9.89. The Balaban J connectivity index is 1.33. The van der Waals surface area contributed by atoms with Gasteiger partial charge >= 0.3 is 6.03 Å². The van der Waals surface area contributed by atoms with Gasteiger partial charge in [-0.3, -0.25) is 15.2 Å². The number of rotatable bonds is 7. The zero-order chi connectivity index (χ0) is 29.1. The number of carbonyl (C=O) groups excluding carboxylic acids is 1. The minimum absolute atomic E-state index is 0.225. The summed E-state index contributed by atoms with van der Waals surface area (Å²) in [7, 11) is 0. The van der Waals surface area contributed by atoms with E-state index >= 15 is 0 Å². The third kappa shape index (κ3) is 6.69. The first-order valence-electron chi connectivity index (χ1n) is 14.2. The first kappa shape index (κ1) is 28.6. The Hall–Kier alpha value is -3.95. The second-order valence-electron chi connectivity index (χ2n) is 11.8. The number of amides is 2. The second-order valence-corrected chi connectivity index (χ2v) is 11.8. The van der Waals surface area contributed by atoms with E-state index in [2.05, 4.69) is 60.2 Å². The van der Waals surface area contributed by atoms with Gasteiger partial charge in [-0.1, -0.05) is 45.0 Å². The van der Waals surface area contributed by atoms with Crippen LogP contribution in [0.15, 0.2) is 60.9 Å². The van der Waals surface area contributed by atoms with Crippen molar-refractivity contribution in [1.29, 1.82) is 0 Å². The molecule has 2 amide bonds. The number of urea groups is 1. The van der Waals surface area contributed by atoms with E-state index in [-0.39, 0.29) is 23.7 Å². The molecule has 3 heterocycles. The van der Waals surface area contributed by atoms with E-state index in [0.29, 0.717) is 18.1 Å². The fourth-order valence-electron chi connectivity index (χ4n) is 5.32. The van der Waals surface area contributed by atoms with Crippen LogP contribution in [0.1, 0.15) is 45.9 Å². The van der Waals surface area contributed by atoms with Gasteiger partial charge in [0.2, 0.25) is 0 Å². The Labute approximate surface area is 241 Å². The van der Waals surface area contributed by atoms with Crippen LogP contribution in [0.5, 0.6) is 5.75 Å². The molecule has 216 valence electrons. The third-order valence-electron chi connectivity index (χ3n) is 7.24. The molecule has 9 nitrogen and oxygen atoms in total. The van der Waals surface area contributed by atoms with Crippen molar-refractivity contribution in [2.24, 2.45) is 0 Å². The Bertz CT molecular complexity index is 1500. The topological polar surface area (TPSA) is 93.5 Å². The fourth-order valence-corrected chi connectivity index (χ4v) is 5.32. The number of anilines is 2. The van der Waals surface area contributed by atoms with E-state index in [1.807, 2.05) is 55.5 Å². The number of fused-ring (bicyclic) bond motifs is 1. The molecule has 4 aromatic rings. The van der Waals surface area contributed by atoms with Gasteiger partial charge in [-0.25, -0.2) is 9.48 Å². The Morgan fingerprint density at radius 2 is 1.73 bits per heavy atom. The smallest absolute Gasteiger partial charge is 0.324 e. The van der Waals surface area contributed by atoms with Crippen LogP contribution < -0.4 is 15.4 Å². The highest BCUT2D eigenvalue weighted by atomic mass is 16.5. The van der Waals surface area contributed by atoms with E-state index in [0.717, 1.165) is 53.1 Å². The Morgan fingerprint density at radius 3 is 2.41 bits per heavy atom. The number of ether oxygens (including phenoxy) is 2. The molecule has 5 rings (SSSR count).